The van der Waals surface area contributed by atoms with Crippen molar-refractivity contribution in [2.24, 2.45) is 23.5 Å². The zero-order valence-electron chi connectivity index (χ0n) is 12.3. The first kappa shape index (κ1) is 13.1. The Bertz CT molecular complexity index is 413. The van der Waals surface area contributed by atoms with Crippen LogP contribution in [0.5, 0.6) is 0 Å². The highest BCUT2D eigenvalue weighted by Gasteiger charge is 2.59. The highest BCUT2D eigenvalue weighted by molar-refractivity contribution is 5.77. The van der Waals surface area contributed by atoms with Crippen LogP contribution in [0.3, 0.4) is 0 Å². The van der Waals surface area contributed by atoms with Crippen LogP contribution in [0.2, 0.25) is 0 Å². The van der Waals surface area contributed by atoms with Crippen LogP contribution in [-0.2, 0) is 4.79 Å². The molecule has 1 saturated carbocycles. The van der Waals surface area contributed by atoms with E-state index in [0.29, 0.717) is 0 Å². The molecular weight excluding hydrogens is 250 g/mol. The van der Waals surface area contributed by atoms with Crippen molar-refractivity contribution in [3.63, 3.8) is 0 Å². The zero-order valence-corrected chi connectivity index (χ0v) is 12.3. The average molecular weight is 277 g/mol. The number of piperidine rings is 2. The van der Waals surface area contributed by atoms with Gasteiger partial charge in [-0.2, -0.15) is 0 Å². The van der Waals surface area contributed by atoms with Crippen LogP contribution in [0, 0.1) is 17.8 Å². The van der Waals surface area contributed by atoms with Crippen molar-refractivity contribution >= 4 is 5.91 Å². The molecule has 0 aromatic heterocycles. The Hall–Kier alpha value is -0.610. The van der Waals surface area contributed by atoms with Crippen molar-refractivity contribution in [3.05, 3.63) is 0 Å². The van der Waals surface area contributed by atoms with Crippen LogP contribution in [0.15, 0.2) is 0 Å². The van der Waals surface area contributed by atoms with Crippen molar-refractivity contribution < 1.29 is 4.79 Å². The molecule has 0 aromatic rings. The Morgan fingerprint density at radius 2 is 2.10 bits per heavy atom. The highest BCUT2D eigenvalue weighted by atomic mass is 16.1. The van der Waals surface area contributed by atoms with Crippen molar-refractivity contribution in [1.29, 1.82) is 0 Å². The monoisotopic (exact) mass is 277 g/mol. The molecule has 3 saturated heterocycles. The fraction of sp³-hybridized carbons (Fsp3) is 0.938. The van der Waals surface area contributed by atoms with Gasteiger partial charge in [-0.1, -0.05) is 0 Å². The summed E-state index contributed by atoms with van der Waals surface area (Å²) < 4.78 is 0. The molecule has 4 heteroatoms. The molecule has 3 unspecified atom stereocenters. The normalized spacial score (nSPS) is 48.2. The smallest absolute Gasteiger partial charge is 0.220 e. The van der Waals surface area contributed by atoms with Crippen LogP contribution in [-0.4, -0.2) is 42.0 Å². The summed E-state index contributed by atoms with van der Waals surface area (Å²) in [6, 6.07) is 0.888. The second-order valence-corrected chi connectivity index (χ2v) is 7.61. The van der Waals surface area contributed by atoms with Gasteiger partial charge in [0.2, 0.25) is 5.91 Å². The maximum Gasteiger partial charge on any atom is 0.220 e. The van der Waals surface area contributed by atoms with Crippen molar-refractivity contribution in [2.45, 2.75) is 56.5 Å². The molecule has 4 aliphatic rings. The number of nitrogens with one attached hydrogen (secondary N) is 1. The molecule has 4 nitrogen and oxygen atoms in total. The second-order valence-electron chi connectivity index (χ2n) is 7.61. The molecule has 0 aromatic carbocycles. The summed E-state index contributed by atoms with van der Waals surface area (Å²) in [5.41, 5.74) is 5.81. The number of carbonyl (C=O) groups is 1. The third-order valence-electron chi connectivity index (χ3n) is 6.52. The number of amides is 1. The Labute approximate surface area is 121 Å². The number of nitrogens with zero attached hydrogens (tertiary/aromatic N) is 1. The standard InChI is InChI=1S/C16H27N3O/c17-15(20)11-5-6-18-16(8-11)9-14(16)12-3-4-13-2-1-7-19(13)10-12/h11-14,18H,1-10H2,(H2,17,20)/t11?,12-,13-,14?,16?/m0/s1. The van der Waals surface area contributed by atoms with Gasteiger partial charge in [-0.05, 0) is 69.9 Å². The number of carbonyl (C=O) groups excluding carboxylic acids is 1. The maximum absolute atomic E-state index is 11.5. The molecular formula is C16H27N3O. The topological polar surface area (TPSA) is 58.4 Å². The van der Waals surface area contributed by atoms with E-state index in [2.05, 4.69) is 10.2 Å². The summed E-state index contributed by atoms with van der Waals surface area (Å²) >= 11 is 0. The minimum Gasteiger partial charge on any atom is -0.369 e. The molecule has 3 heterocycles. The van der Waals surface area contributed by atoms with Gasteiger partial charge < -0.3 is 16.0 Å². The van der Waals surface area contributed by atoms with Crippen molar-refractivity contribution in [3.8, 4) is 0 Å². The van der Waals surface area contributed by atoms with Gasteiger partial charge in [0.05, 0.1) is 0 Å². The number of hydrogen-bond acceptors (Lipinski definition) is 3. The average Bonchev–Trinajstić information content (AvgIpc) is 2.94. The minimum atomic E-state index is -0.0835. The molecule has 3 N–H and O–H groups in total. The summed E-state index contributed by atoms with van der Waals surface area (Å²) in [6.07, 6.45) is 8.82. The van der Waals surface area contributed by atoms with Crippen molar-refractivity contribution in [1.82, 2.24) is 10.2 Å². The molecule has 0 bridgehead atoms. The molecule has 1 amide bonds. The third-order valence-corrected chi connectivity index (χ3v) is 6.52. The molecule has 20 heavy (non-hydrogen) atoms. The van der Waals surface area contributed by atoms with E-state index < -0.39 is 0 Å². The van der Waals surface area contributed by atoms with Gasteiger partial charge in [-0.3, -0.25) is 4.79 Å². The second kappa shape index (κ2) is 4.70. The van der Waals surface area contributed by atoms with E-state index >= 15 is 0 Å². The third kappa shape index (κ3) is 2.08. The van der Waals surface area contributed by atoms with Crippen LogP contribution in [0.4, 0.5) is 0 Å². The van der Waals surface area contributed by atoms with E-state index in [4.69, 9.17) is 5.73 Å². The minimum absolute atomic E-state index is 0.0835. The van der Waals surface area contributed by atoms with Gasteiger partial charge in [0, 0.05) is 24.0 Å². The number of hydrogen-bond donors (Lipinski definition) is 2. The number of nitrogens with two attached hydrogens (primary N) is 1. The van der Waals surface area contributed by atoms with Gasteiger partial charge in [0.1, 0.15) is 0 Å². The summed E-state index contributed by atoms with van der Waals surface area (Å²) in [5.74, 6) is 1.68. The number of rotatable bonds is 2. The fourth-order valence-electron chi connectivity index (χ4n) is 5.33. The van der Waals surface area contributed by atoms with Crippen LogP contribution in [0.25, 0.3) is 0 Å². The van der Waals surface area contributed by atoms with Gasteiger partial charge in [-0.15, -0.1) is 0 Å². The Morgan fingerprint density at radius 3 is 2.95 bits per heavy atom. The lowest BCUT2D eigenvalue weighted by molar-refractivity contribution is -0.123. The van der Waals surface area contributed by atoms with E-state index in [-0.39, 0.29) is 17.4 Å². The highest BCUT2D eigenvalue weighted by Crippen LogP contribution is 2.56. The summed E-state index contributed by atoms with van der Waals surface area (Å²) in [4.78, 5) is 14.2. The van der Waals surface area contributed by atoms with Gasteiger partial charge in [0.15, 0.2) is 0 Å². The first-order chi connectivity index (χ1) is 9.68. The van der Waals surface area contributed by atoms with E-state index in [1.807, 2.05) is 0 Å². The molecule has 112 valence electrons. The SMILES string of the molecule is NC(=O)C1CCNC2(C1)CC2[C@H]1CC[C@@H]2CCCN2C1. The van der Waals surface area contributed by atoms with E-state index in [1.54, 1.807) is 0 Å². The Balaban J connectivity index is 1.40. The Kier molecular flexibility index (Phi) is 3.08. The lowest BCUT2D eigenvalue weighted by Crippen LogP contribution is -2.47. The zero-order chi connectivity index (χ0) is 13.7. The molecule has 1 spiro atoms. The maximum atomic E-state index is 11.5. The van der Waals surface area contributed by atoms with E-state index in [0.717, 1.165) is 37.3 Å². The van der Waals surface area contributed by atoms with Crippen LogP contribution in [0.1, 0.15) is 44.9 Å². The van der Waals surface area contributed by atoms with E-state index in [9.17, 15) is 4.79 Å². The molecule has 0 radical (unpaired) electrons. The molecule has 5 atom stereocenters. The molecule has 4 rings (SSSR count). The number of fused-ring (bicyclic) bond motifs is 1. The summed E-state index contributed by atoms with van der Waals surface area (Å²) in [5, 5.41) is 3.74. The summed E-state index contributed by atoms with van der Waals surface area (Å²) in [6.45, 7) is 3.60. The predicted molar refractivity (Wildman–Crippen MR) is 78.1 cm³/mol. The van der Waals surface area contributed by atoms with Gasteiger partial charge >= 0.3 is 0 Å². The van der Waals surface area contributed by atoms with Gasteiger partial charge in [0.25, 0.3) is 0 Å². The number of primary amides is 1. The first-order valence-corrected chi connectivity index (χ1v) is 8.46. The van der Waals surface area contributed by atoms with Crippen molar-refractivity contribution in [2.75, 3.05) is 19.6 Å². The Morgan fingerprint density at radius 1 is 1.20 bits per heavy atom. The molecule has 4 fully saturated rings. The first-order valence-electron chi connectivity index (χ1n) is 8.46. The van der Waals surface area contributed by atoms with Crippen LogP contribution < -0.4 is 11.1 Å². The van der Waals surface area contributed by atoms with Crippen LogP contribution >= 0.6 is 0 Å². The van der Waals surface area contributed by atoms with E-state index in [1.165, 1.54) is 45.2 Å². The lowest BCUT2D eigenvalue weighted by atomic mass is 9.83. The lowest BCUT2D eigenvalue weighted by Gasteiger charge is -2.38. The largest absolute Gasteiger partial charge is 0.369 e. The molecule has 3 aliphatic heterocycles. The fourth-order valence-corrected chi connectivity index (χ4v) is 5.33. The summed E-state index contributed by atoms with van der Waals surface area (Å²) in [7, 11) is 0. The van der Waals surface area contributed by atoms with Gasteiger partial charge in [-0.25, -0.2) is 0 Å². The molecule has 1 aliphatic carbocycles. The quantitative estimate of drug-likeness (QED) is 0.795. The predicted octanol–water partition coefficient (Wildman–Crippen LogP) is 1.10.